The third-order valence-electron chi connectivity index (χ3n) is 5.89. The number of ether oxygens (including phenoxy) is 1. The number of likely N-dealkylation sites (tertiary alicyclic amines) is 1. The molecule has 0 aromatic heterocycles. The number of imide groups is 1. The van der Waals surface area contributed by atoms with Crippen LogP contribution in [0.15, 0.2) is 54.6 Å². The van der Waals surface area contributed by atoms with Gasteiger partial charge in [-0.3, -0.25) is 9.69 Å². The van der Waals surface area contributed by atoms with Gasteiger partial charge in [-0.15, -0.1) is 0 Å². The van der Waals surface area contributed by atoms with Crippen molar-refractivity contribution >= 4 is 11.9 Å². The predicted molar refractivity (Wildman–Crippen MR) is 110 cm³/mol. The van der Waals surface area contributed by atoms with E-state index in [2.05, 4.69) is 22.3 Å². The summed E-state index contributed by atoms with van der Waals surface area (Å²) in [4.78, 5) is 29.4. The first-order valence-corrected chi connectivity index (χ1v) is 10.2. The van der Waals surface area contributed by atoms with Crippen molar-refractivity contribution in [3.8, 4) is 5.75 Å². The predicted octanol–water partition coefficient (Wildman–Crippen LogP) is 3.65. The fourth-order valence-corrected chi connectivity index (χ4v) is 4.30. The van der Waals surface area contributed by atoms with Crippen LogP contribution in [0.4, 0.5) is 4.79 Å². The van der Waals surface area contributed by atoms with Crippen LogP contribution in [0.3, 0.4) is 0 Å². The highest BCUT2D eigenvalue weighted by molar-refractivity contribution is 6.07. The molecule has 0 radical (unpaired) electrons. The van der Waals surface area contributed by atoms with Crippen molar-refractivity contribution in [2.24, 2.45) is 0 Å². The van der Waals surface area contributed by atoms with Gasteiger partial charge in [0.1, 0.15) is 11.3 Å². The SMILES string of the molecule is CCOc1ccc([C@@H]2CCCN2CN2C(=O)N[C@](C)(c3ccccc3)C2=O)cc1. The Balaban J connectivity index is 1.50. The fraction of sp³-hybridized carbons (Fsp3) is 0.391. The van der Waals surface area contributed by atoms with Crippen molar-refractivity contribution in [2.45, 2.75) is 38.3 Å². The van der Waals surface area contributed by atoms with Gasteiger partial charge < -0.3 is 10.1 Å². The Morgan fingerprint density at radius 3 is 2.52 bits per heavy atom. The van der Waals surface area contributed by atoms with Crippen molar-refractivity contribution in [3.63, 3.8) is 0 Å². The van der Waals surface area contributed by atoms with Crippen LogP contribution in [0.5, 0.6) is 5.75 Å². The van der Waals surface area contributed by atoms with Gasteiger partial charge in [0.2, 0.25) is 0 Å². The van der Waals surface area contributed by atoms with Gasteiger partial charge in [-0.1, -0.05) is 42.5 Å². The number of nitrogens with zero attached hydrogens (tertiary/aromatic N) is 2. The van der Waals surface area contributed by atoms with Crippen LogP contribution in [0.1, 0.15) is 43.9 Å². The Hall–Kier alpha value is -2.86. The number of carbonyl (C=O) groups is 2. The maximum absolute atomic E-state index is 13.2. The molecule has 2 aliphatic rings. The van der Waals surface area contributed by atoms with E-state index in [-0.39, 0.29) is 18.0 Å². The van der Waals surface area contributed by atoms with Gasteiger partial charge >= 0.3 is 6.03 Å². The molecule has 152 valence electrons. The molecular formula is C23H27N3O3. The average Bonchev–Trinajstić information content (AvgIpc) is 3.28. The van der Waals surface area contributed by atoms with Gasteiger partial charge in [-0.05, 0) is 49.9 Å². The number of rotatable bonds is 6. The van der Waals surface area contributed by atoms with Gasteiger partial charge in [-0.2, -0.15) is 0 Å². The lowest BCUT2D eigenvalue weighted by Gasteiger charge is -2.29. The van der Waals surface area contributed by atoms with Gasteiger partial charge in [0.05, 0.1) is 13.3 Å². The lowest BCUT2D eigenvalue weighted by atomic mass is 9.92. The van der Waals surface area contributed by atoms with Crippen LogP contribution in [0.2, 0.25) is 0 Å². The minimum absolute atomic E-state index is 0.190. The van der Waals surface area contributed by atoms with E-state index in [1.165, 1.54) is 10.5 Å². The molecule has 2 heterocycles. The summed E-state index contributed by atoms with van der Waals surface area (Å²) in [6, 6.07) is 17.4. The first-order chi connectivity index (χ1) is 14.0. The summed E-state index contributed by atoms with van der Waals surface area (Å²) >= 11 is 0. The number of nitrogens with one attached hydrogen (secondary N) is 1. The number of hydrogen-bond acceptors (Lipinski definition) is 4. The molecular weight excluding hydrogens is 366 g/mol. The van der Waals surface area contributed by atoms with Crippen molar-refractivity contribution in [1.29, 1.82) is 0 Å². The van der Waals surface area contributed by atoms with Crippen LogP contribution in [0, 0.1) is 0 Å². The topological polar surface area (TPSA) is 61.9 Å². The summed E-state index contributed by atoms with van der Waals surface area (Å²) in [5, 5.41) is 2.89. The molecule has 6 heteroatoms. The second kappa shape index (κ2) is 7.87. The van der Waals surface area contributed by atoms with Gasteiger partial charge in [-0.25, -0.2) is 9.69 Å². The third kappa shape index (κ3) is 3.60. The molecule has 0 saturated carbocycles. The van der Waals surface area contributed by atoms with E-state index in [1.807, 2.05) is 49.4 Å². The third-order valence-corrected chi connectivity index (χ3v) is 5.89. The van der Waals surface area contributed by atoms with Crippen LogP contribution in [-0.2, 0) is 10.3 Å². The molecule has 1 N–H and O–H groups in total. The molecule has 2 aromatic carbocycles. The standard InChI is InChI=1S/C23H27N3O3/c1-3-29-19-13-11-17(12-14-19)20-10-7-15-25(20)16-26-21(27)23(2,24-22(26)28)18-8-5-4-6-9-18/h4-6,8-9,11-14,20H,3,7,10,15-16H2,1-2H3,(H,24,28)/t20-,23+/m0/s1. The molecule has 3 amide bonds. The highest BCUT2D eigenvalue weighted by atomic mass is 16.5. The number of benzene rings is 2. The first-order valence-electron chi connectivity index (χ1n) is 10.2. The monoisotopic (exact) mass is 393 g/mol. The summed E-state index contributed by atoms with van der Waals surface area (Å²) in [6.07, 6.45) is 2.05. The highest BCUT2D eigenvalue weighted by Crippen LogP contribution is 2.35. The van der Waals surface area contributed by atoms with Gasteiger partial charge in [0.15, 0.2) is 0 Å². The summed E-state index contributed by atoms with van der Waals surface area (Å²) in [6.45, 7) is 5.54. The number of carbonyl (C=O) groups excluding carboxylic acids is 2. The van der Waals surface area contributed by atoms with Crippen LogP contribution in [-0.4, -0.2) is 41.6 Å². The molecule has 4 rings (SSSR count). The Morgan fingerprint density at radius 2 is 1.83 bits per heavy atom. The normalized spacial score (nSPS) is 24.8. The number of amides is 3. The van der Waals surface area contributed by atoms with E-state index in [1.54, 1.807) is 6.92 Å². The molecule has 2 atom stereocenters. The minimum Gasteiger partial charge on any atom is -0.494 e. The number of hydrogen-bond donors (Lipinski definition) is 1. The van der Waals surface area contributed by atoms with Crippen LogP contribution < -0.4 is 10.1 Å². The molecule has 29 heavy (non-hydrogen) atoms. The quantitative estimate of drug-likeness (QED) is 0.761. The Morgan fingerprint density at radius 1 is 1.10 bits per heavy atom. The molecule has 2 aliphatic heterocycles. The average molecular weight is 393 g/mol. The number of urea groups is 1. The second-order valence-electron chi connectivity index (χ2n) is 7.77. The summed E-state index contributed by atoms with van der Waals surface area (Å²) in [5.41, 5.74) is 0.960. The van der Waals surface area contributed by atoms with E-state index in [0.717, 1.165) is 30.7 Å². The summed E-state index contributed by atoms with van der Waals surface area (Å²) in [7, 11) is 0. The summed E-state index contributed by atoms with van der Waals surface area (Å²) < 4.78 is 5.53. The van der Waals surface area contributed by atoms with Crippen molar-refractivity contribution in [2.75, 3.05) is 19.8 Å². The molecule has 0 aliphatic carbocycles. The van der Waals surface area contributed by atoms with E-state index in [9.17, 15) is 9.59 Å². The van der Waals surface area contributed by atoms with E-state index < -0.39 is 5.54 Å². The van der Waals surface area contributed by atoms with Crippen molar-refractivity contribution in [3.05, 3.63) is 65.7 Å². The zero-order valence-electron chi connectivity index (χ0n) is 16.9. The zero-order chi connectivity index (χ0) is 20.4. The van der Waals surface area contributed by atoms with Crippen molar-refractivity contribution in [1.82, 2.24) is 15.1 Å². The maximum Gasteiger partial charge on any atom is 0.326 e. The smallest absolute Gasteiger partial charge is 0.326 e. The van der Waals surface area contributed by atoms with E-state index in [4.69, 9.17) is 4.74 Å². The molecule has 0 spiro atoms. The van der Waals surface area contributed by atoms with Crippen LogP contribution in [0.25, 0.3) is 0 Å². The first kappa shape index (κ1) is 19.5. The lowest BCUT2D eigenvalue weighted by molar-refractivity contribution is -0.132. The largest absolute Gasteiger partial charge is 0.494 e. The Kier molecular flexibility index (Phi) is 5.28. The molecule has 2 aromatic rings. The minimum atomic E-state index is -1.02. The molecule has 2 fully saturated rings. The van der Waals surface area contributed by atoms with Crippen molar-refractivity contribution < 1.29 is 14.3 Å². The van der Waals surface area contributed by atoms with Gasteiger partial charge in [0.25, 0.3) is 5.91 Å². The van der Waals surface area contributed by atoms with E-state index in [0.29, 0.717) is 13.3 Å². The maximum atomic E-state index is 13.2. The van der Waals surface area contributed by atoms with Gasteiger partial charge in [0, 0.05) is 12.6 Å². The van der Waals surface area contributed by atoms with Crippen LogP contribution >= 0.6 is 0 Å². The Labute approximate surface area is 171 Å². The highest BCUT2D eigenvalue weighted by Gasteiger charge is 2.49. The molecule has 0 unspecified atom stereocenters. The van der Waals surface area contributed by atoms with E-state index >= 15 is 0 Å². The molecule has 6 nitrogen and oxygen atoms in total. The summed E-state index contributed by atoms with van der Waals surface area (Å²) in [5.74, 6) is 0.652. The zero-order valence-corrected chi connectivity index (χ0v) is 16.9. The second-order valence-corrected chi connectivity index (χ2v) is 7.77. The molecule has 0 bridgehead atoms. The Bertz CT molecular complexity index is 884. The lowest BCUT2D eigenvalue weighted by Crippen LogP contribution is -2.43. The fourth-order valence-electron chi connectivity index (χ4n) is 4.30. The molecule has 2 saturated heterocycles.